The van der Waals surface area contributed by atoms with Gasteiger partial charge in [-0.15, -0.1) is 11.8 Å². The molecule has 4 nitrogen and oxygen atoms in total. The summed E-state index contributed by atoms with van der Waals surface area (Å²) in [5.74, 6) is -0.870. The second kappa shape index (κ2) is 8.22. The smallest absolute Gasteiger partial charge is 0.316 e. The summed E-state index contributed by atoms with van der Waals surface area (Å²) < 4.78 is 0. The zero-order chi connectivity index (χ0) is 16.8. The van der Waals surface area contributed by atoms with Crippen molar-refractivity contribution in [1.82, 2.24) is 0 Å². The maximum Gasteiger partial charge on any atom is 0.316 e. The molecule has 0 fully saturated rings. The Morgan fingerprint density at radius 3 is 2.45 bits per heavy atom. The van der Waals surface area contributed by atoms with Crippen molar-refractivity contribution in [3.63, 3.8) is 0 Å². The summed E-state index contributed by atoms with van der Waals surface area (Å²) in [5, 5.41) is 11.7. The van der Waals surface area contributed by atoms with Crippen LogP contribution in [0.5, 0.6) is 0 Å². The topological polar surface area (TPSA) is 66.4 Å². The van der Waals surface area contributed by atoms with Gasteiger partial charge in [-0.05, 0) is 24.0 Å². The van der Waals surface area contributed by atoms with E-state index in [2.05, 4.69) is 5.32 Å². The van der Waals surface area contributed by atoms with Crippen LogP contribution in [0.2, 0.25) is 0 Å². The fraction of sp³-hybridized carbons (Fsp3) is 0.529. The van der Waals surface area contributed by atoms with Crippen LogP contribution in [0.15, 0.2) is 29.2 Å². The van der Waals surface area contributed by atoms with Crippen molar-refractivity contribution in [3.8, 4) is 0 Å². The van der Waals surface area contributed by atoms with E-state index in [1.165, 1.54) is 11.8 Å². The van der Waals surface area contributed by atoms with Gasteiger partial charge < -0.3 is 10.4 Å². The van der Waals surface area contributed by atoms with Gasteiger partial charge in [0.25, 0.3) is 0 Å². The summed E-state index contributed by atoms with van der Waals surface area (Å²) in [5.41, 5.74) is 0.599. The van der Waals surface area contributed by atoms with E-state index in [4.69, 9.17) is 0 Å². The number of amides is 1. The van der Waals surface area contributed by atoms with Gasteiger partial charge in [0.1, 0.15) is 5.25 Å². The molecule has 122 valence electrons. The number of thioether (sulfide) groups is 1. The van der Waals surface area contributed by atoms with E-state index in [1.54, 1.807) is 0 Å². The molecule has 0 radical (unpaired) electrons. The monoisotopic (exact) mass is 323 g/mol. The number of nitrogens with one attached hydrogen (secondary N) is 1. The predicted molar refractivity (Wildman–Crippen MR) is 91.3 cm³/mol. The number of para-hydroxylation sites is 1. The van der Waals surface area contributed by atoms with Crippen LogP contribution in [0.4, 0.5) is 5.69 Å². The van der Waals surface area contributed by atoms with E-state index >= 15 is 0 Å². The number of rotatable bonds is 7. The maximum absolute atomic E-state index is 12.1. The summed E-state index contributed by atoms with van der Waals surface area (Å²) in [4.78, 5) is 24.2. The molecule has 0 aliphatic carbocycles. The minimum absolute atomic E-state index is 0.0529. The number of hydrogen-bond donors (Lipinski definition) is 2. The Labute approximate surface area is 136 Å². The first-order chi connectivity index (χ1) is 10.2. The number of carboxylic acids is 1. The molecule has 0 aliphatic rings. The summed E-state index contributed by atoms with van der Waals surface area (Å²) >= 11 is 1.29. The van der Waals surface area contributed by atoms with Gasteiger partial charge in [-0.1, -0.05) is 46.2 Å². The molecule has 0 spiro atoms. The Balaban J connectivity index is 2.85. The van der Waals surface area contributed by atoms with Crippen LogP contribution >= 0.6 is 11.8 Å². The van der Waals surface area contributed by atoms with Gasteiger partial charge in [0.05, 0.1) is 5.69 Å². The van der Waals surface area contributed by atoms with Crippen LogP contribution in [-0.4, -0.2) is 22.2 Å². The van der Waals surface area contributed by atoms with E-state index in [1.807, 2.05) is 52.0 Å². The molecule has 5 heteroatoms. The quantitative estimate of drug-likeness (QED) is 0.730. The lowest BCUT2D eigenvalue weighted by molar-refractivity contribution is -0.136. The number of anilines is 1. The van der Waals surface area contributed by atoms with Gasteiger partial charge in [-0.25, -0.2) is 0 Å². The Morgan fingerprint density at radius 2 is 1.91 bits per heavy atom. The van der Waals surface area contributed by atoms with Crippen molar-refractivity contribution >= 4 is 29.3 Å². The highest BCUT2D eigenvalue weighted by molar-refractivity contribution is 8.00. The van der Waals surface area contributed by atoms with Crippen molar-refractivity contribution in [2.24, 2.45) is 5.41 Å². The largest absolute Gasteiger partial charge is 0.480 e. The van der Waals surface area contributed by atoms with Crippen LogP contribution in [0, 0.1) is 5.41 Å². The van der Waals surface area contributed by atoms with Gasteiger partial charge in [0.15, 0.2) is 0 Å². The normalized spacial score (nSPS) is 12.7. The average molecular weight is 323 g/mol. The number of hydrogen-bond acceptors (Lipinski definition) is 3. The molecule has 1 atom stereocenters. The molecule has 0 heterocycles. The molecule has 1 rings (SSSR count). The van der Waals surface area contributed by atoms with Crippen molar-refractivity contribution in [1.29, 1.82) is 0 Å². The lowest BCUT2D eigenvalue weighted by Crippen LogP contribution is -2.20. The molecule has 22 heavy (non-hydrogen) atoms. The van der Waals surface area contributed by atoms with Crippen LogP contribution in [-0.2, 0) is 9.59 Å². The molecule has 1 unspecified atom stereocenters. The average Bonchev–Trinajstić information content (AvgIpc) is 2.37. The lowest BCUT2D eigenvalue weighted by atomic mass is 9.92. The van der Waals surface area contributed by atoms with E-state index < -0.39 is 11.2 Å². The van der Waals surface area contributed by atoms with Crippen LogP contribution in [0.25, 0.3) is 0 Å². The third-order valence-corrected chi connectivity index (χ3v) is 4.28. The number of carboxylic acid groups (broad SMARTS) is 1. The predicted octanol–water partition coefficient (Wildman–Crippen LogP) is 4.41. The number of carbonyl (C=O) groups is 2. The number of aliphatic carboxylic acids is 1. The fourth-order valence-corrected chi connectivity index (χ4v) is 3.16. The molecule has 1 amide bonds. The Morgan fingerprint density at radius 1 is 1.27 bits per heavy atom. The van der Waals surface area contributed by atoms with Gasteiger partial charge in [0.2, 0.25) is 5.91 Å². The third-order valence-electron chi connectivity index (χ3n) is 2.95. The van der Waals surface area contributed by atoms with Crippen molar-refractivity contribution in [3.05, 3.63) is 24.3 Å². The lowest BCUT2D eigenvalue weighted by Gasteiger charge is -2.19. The van der Waals surface area contributed by atoms with E-state index in [-0.39, 0.29) is 11.3 Å². The van der Waals surface area contributed by atoms with Gasteiger partial charge in [0, 0.05) is 11.3 Å². The molecular weight excluding hydrogens is 298 g/mol. The molecule has 0 saturated carbocycles. The summed E-state index contributed by atoms with van der Waals surface area (Å²) in [6.07, 6.45) is 1.83. The number of benzene rings is 1. The second-order valence-electron chi connectivity index (χ2n) is 6.52. The van der Waals surface area contributed by atoms with Crippen LogP contribution in [0.1, 0.15) is 47.0 Å². The first-order valence-corrected chi connectivity index (χ1v) is 8.39. The Kier molecular flexibility index (Phi) is 6.94. The summed E-state index contributed by atoms with van der Waals surface area (Å²) in [7, 11) is 0. The first-order valence-electron chi connectivity index (χ1n) is 7.51. The minimum Gasteiger partial charge on any atom is -0.480 e. The molecule has 0 aliphatic heterocycles. The van der Waals surface area contributed by atoms with Crippen LogP contribution < -0.4 is 5.32 Å². The SMILES string of the molecule is CCCC(Sc1ccccc1NC(=O)CC(C)(C)C)C(=O)O. The highest BCUT2D eigenvalue weighted by Gasteiger charge is 2.21. The Bertz CT molecular complexity index is 523. The molecular formula is C17H25NO3S. The molecule has 2 N–H and O–H groups in total. The summed E-state index contributed by atoms with van der Waals surface area (Å²) in [6, 6.07) is 7.36. The van der Waals surface area contributed by atoms with Gasteiger partial charge in [-0.2, -0.15) is 0 Å². The second-order valence-corrected chi connectivity index (χ2v) is 7.76. The maximum atomic E-state index is 12.1. The Hall–Kier alpha value is -1.49. The van der Waals surface area contributed by atoms with Gasteiger partial charge in [-0.3, -0.25) is 9.59 Å². The molecule has 0 saturated heterocycles. The first kappa shape index (κ1) is 18.6. The highest BCUT2D eigenvalue weighted by atomic mass is 32.2. The third kappa shape index (κ3) is 6.52. The zero-order valence-corrected chi connectivity index (χ0v) is 14.5. The molecule has 0 aromatic heterocycles. The molecule has 1 aromatic rings. The van der Waals surface area contributed by atoms with E-state index in [0.717, 1.165) is 11.3 Å². The molecule has 0 bridgehead atoms. The van der Waals surface area contributed by atoms with Crippen LogP contribution in [0.3, 0.4) is 0 Å². The minimum atomic E-state index is -0.817. The van der Waals surface area contributed by atoms with Crippen molar-refractivity contribution < 1.29 is 14.7 Å². The standard InChI is InChI=1S/C17H25NO3S/c1-5-8-14(16(20)21)22-13-10-7-6-9-12(13)18-15(19)11-17(2,3)4/h6-7,9-10,14H,5,8,11H2,1-4H3,(H,18,19)(H,20,21). The van der Waals surface area contributed by atoms with E-state index in [9.17, 15) is 14.7 Å². The molecule has 1 aromatic carbocycles. The van der Waals surface area contributed by atoms with Gasteiger partial charge >= 0.3 is 5.97 Å². The van der Waals surface area contributed by atoms with Crippen molar-refractivity contribution in [2.75, 3.05) is 5.32 Å². The fourth-order valence-electron chi connectivity index (χ4n) is 2.00. The highest BCUT2D eigenvalue weighted by Crippen LogP contribution is 2.33. The zero-order valence-electron chi connectivity index (χ0n) is 13.7. The van der Waals surface area contributed by atoms with E-state index in [0.29, 0.717) is 18.5 Å². The summed E-state index contributed by atoms with van der Waals surface area (Å²) in [6.45, 7) is 7.99. The number of carbonyl (C=O) groups excluding carboxylic acids is 1. The van der Waals surface area contributed by atoms with Crippen molar-refractivity contribution in [2.45, 2.75) is 57.1 Å².